The number of ether oxygens (including phenoxy) is 1. The molecule has 1 atom stereocenters. The van der Waals surface area contributed by atoms with Crippen molar-refractivity contribution < 1.29 is 29.6 Å². The molecule has 158 valence electrons. The summed E-state index contributed by atoms with van der Waals surface area (Å²) in [6, 6.07) is 19.2. The third-order valence-electron chi connectivity index (χ3n) is 5.60. The van der Waals surface area contributed by atoms with E-state index in [9.17, 15) is 24.9 Å². The fraction of sp³-hybridized carbons (Fsp3) is 0.167. The number of carbonyl (C=O) groups is 2. The van der Waals surface area contributed by atoms with Crippen molar-refractivity contribution >= 4 is 12.1 Å². The molecule has 4 N–H and O–H groups in total. The lowest BCUT2D eigenvalue weighted by Gasteiger charge is -2.27. The number of carboxylic acid groups (broad SMARTS) is 1. The van der Waals surface area contributed by atoms with E-state index in [0.29, 0.717) is 0 Å². The van der Waals surface area contributed by atoms with Crippen LogP contribution in [0.3, 0.4) is 0 Å². The molecule has 0 heterocycles. The molecule has 1 unspecified atom stereocenters. The Bertz CT molecular complexity index is 1110. The smallest absolute Gasteiger partial charge is 0.408 e. The summed E-state index contributed by atoms with van der Waals surface area (Å²) < 4.78 is 5.43. The summed E-state index contributed by atoms with van der Waals surface area (Å²) in [5.74, 6) is -2.18. The van der Waals surface area contributed by atoms with E-state index in [1.807, 2.05) is 48.5 Å². The van der Waals surface area contributed by atoms with Gasteiger partial charge in [0.15, 0.2) is 5.54 Å². The zero-order valence-corrected chi connectivity index (χ0v) is 16.7. The molecule has 7 heteroatoms. The van der Waals surface area contributed by atoms with Gasteiger partial charge in [-0.2, -0.15) is 0 Å². The number of carbonyl (C=O) groups excluding carboxylic acids is 1. The van der Waals surface area contributed by atoms with E-state index in [1.165, 1.54) is 6.92 Å². The van der Waals surface area contributed by atoms with Crippen LogP contribution in [-0.2, 0) is 15.1 Å². The van der Waals surface area contributed by atoms with Crippen molar-refractivity contribution in [3.05, 3.63) is 83.4 Å². The van der Waals surface area contributed by atoms with E-state index in [-0.39, 0.29) is 29.6 Å². The quantitative estimate of drug-likeness (QED) is 0.498. The minimum Gasteiger partial charge on any atom is -0.508 e. The van der Waals surface area contributed by atoms with Crippen LogP contribution in [0.2, 0.25) is 0 Å². The number of amides is 1. The molecule has 0 aromatic heterocycles. The number of aliphatic carboxylic acids is 1. The summed E-state index contributed by atoms with van der Waals surface area (Å²) >= 11 is 0. The molecular formula is C24H21NO6. The fourth-order valence-corrected chi connectivity index (χ4v) is 3.97. The van der Waals surface area contributed by atoms with E-state index in [4.69, 9.17) is 4.74 Å². The van der Waals surface area contributed by atoms with E-state index >= 15 is 0 Å². The van der Waals surface area contributed by atoms with Crippen LogP contribution < -0.4 is 5.32 Å². The van der Waals surface area contributed by atoms with Gasteiger partial charge in [-0.05, 0) is 46.9 Å². The number of fused-ring (bicyclic) bond motifs is 3. The van der Waals surface area contributed by atoms with Crippen LogP contribution in [0.15, 0.2) is 66.7 Å². The van der Waals surface area contributed by atoms with Crippen LogP contribution >= 0.6 is 0 Å². The maximum absolute atomic E-state index is 12.6. The predicted molar refractivity (Wildman–Crippen MR) is 113 cm³/mol. The number of phenols is 2. The third-order valence-corrected chi connectivity index (χ3v) is 5.60. The highest BCUT2D eigenvalue weighted by molar-refractivity contribution is 5.86. The van der Waals surface area contributed by atoms with Gasteiger partial charge in [0.1, 0.15) is 18.1 Å². The Morgan fingerprint density at radius 2 is 1.45 bits per heavy atom. The molecule has 0 bridgehead atoms. The van der Waals surface area contributed by atoms with Crippen LogP contribution in [-0.4, -0.2) is 34.0 Å². The van der Waals surface area contributed by atoms with Crippen LogP contribution in [0.25, 0.3) is 11.1 Å². The largest absolute Gasteiger partial charge is 0.508 e. The summed E-state index contributed by atoms with van der Waals surface area (Å²) in [4.78, 5) is 24.5. The number of benzene rings is 3. The van der Waals surface area contributed by atoms with Crippen molar-refractivity contribution in [1.29, 1.82) is 0 Å². The van der Waals surface area contributed by atoms with Crippen molar-refractivity contribution in [3.8, 4) is 22.6 Å². The highest BCUT2D eigenvalue weighted by Crippen LogP contribution is 2.44. The number of alkyl carbamates (subject to hydrolysis) is 1. The van der Waals surface area contributed by atoms with Crippen LogP contribution in [0.5, 0.6) is 11.5 Å². The second kappa shape index (κ2) is 7.68. The molecule has 3 aromatic carbocycles. The Kier molecular flexibility index (Phi) is 5.02. The lowest BCUT2D eigenvalue weighted by atomic mass is 9.92. The number of hydrogen-bond donors (Lipinski definition) is 4. The molecule has 1 amide bonds. The SMILES string of the molecule is CC(NC(=O)OCC1c2ccccc2-c2ccccc21)(C(=O)O)c1cc(O)cc(O)c1. The number of nitrogens with one attached hydrogen (secondary N) is 1. The molecule has 3 aromatic rings. The van der Waals surface area contributed by atoms with Crippen molar-refractivity contribution in [2.45, 2.75) is 18.4 Å². The first-order valence-electron chi connectivity index (χ1n) is 9.69. The van der Waals surface area contributed by atoms with Crippen molar-refractivity contribution in [2.24, 2.45) is 0 Å². The van der Waals surface area contributed by atoms with Crippen LogP contribution in [0, 0.1) is 0 Å². The minimum atomic E-state index is -1.92. The molecule has 1 aliphatic rings. The third kappa shape index (κ3) is 3.66. The van der Waals surface area contributed by atoms with Crippen molar-refractivity contribution in [1.82, 2.24) is 5.32 Å². The molecule has 0 saturated heterocycles. The second-order valence-corrected chi connectivity index (χ2v) is 7.62. The summed E-state index contributed by atoms with van der Waals surface area (Å²) in [6.45, 7) is 1.28. The van der Waals surface area contributed by atoms with Gasteiger partial charge in [-0.25, -0.2) is 9.59 Å². The van der Waals surface area contributed by atoms with Crippen molar-refractivity contribution in [3.63, 3.8) is 0 Å². The van der Waals surface area contributed by atoms with Gasteiger partial charge < -0.3 is 25.4 Å². The summed E-state index contributed by atoms with van der Waals surface area (Å²) in [7, 11) is 0. The van der Waals surface area contributed by atoms with Gasteiger partial charge >= 0.3 is 12.1 Å². The molecular weight excluding hydrogens is 398 g/mol. The fourth-order valence-electron chi connectivity index (χ4n) is 3.97. The highest BCUT2D eigenvalue weighted by Gasteiger charge is 2.39. The Balaban J connectivity index is 1.54. The molecule has 0 spiro atoms. The average molecular weight is 419 g/mol. The van der Waals surface area contributed by atoms with Gasteiger partial charge in [-0.15, -0.1) is 0 Å². The first-order chi connectivity index (χ1) is 14.8. The van der Waals surface area contributed by atoms with E-state index in [2.05, 4.69) is 5.32 Å². The number of carboxylic acids is 1. The van der Waals surface area contributed by atoms with Gasteiger partial charge in [0.2, 0.25) is 0 Å². The normalized spacial score (nSPS) is 14.2. The lowest BCUT2D eigenvalue weighted by molar-refractivity contribution is -0.144. The zero-order chi connectivity index (χ0) is 22.2. The Hall–Kier alpha value is -4.00. The van der Waals surface area contributed by atoms with E-state index in [1.54, 1.807) is 0 Å². The summed E-state index contributed by atoms with van der Waals surface area (Å²) in [6.07, 6.45) is -0.922. The van der Waals surface area contributed by atoms with Crippen molar-refractivity contribution in [2.75, 3.05) is 6.61 Å². The number of hydrogen-bond acceptors (Lipinski definition) is 5. The van der Waals surface area contributed by atoms with Crippen LogP contribution in [0.1, 0.15) is 29.5 Å². The monoisotopic (exact) mass is 419 g/mol. The van der Waals surface area contributed by atoms with Gasteiger partial charge in [-0.3, -0.25) is 0 Å². The Labute approximate surface area is 178 Å². The Morgan fingerprint density at radius 3 is 1.97 bits per heavy atom. The maximum Gasteiger partial charge on any atom is 0.408 e. The topological polar surface area (TPSA) is 116 Å². The Morgan fingerprint density at radius 1 is 0.935 bits per heavy atom. The minimum absolute atomic E-state index is 0.00556. The second-order valence-electron chi connectivity index (χ2n) is 7.62. The number of aromatic hydroxyl groups is 2. The van der Waals surface area contributed by atoms with Crippen LogP contribution in [0.4, 0.5) is 4.79 Å². The first-order valence-corrected chi connectivity index (χ1v) is 9.69. The number of rotatable bonds is 5. The standard InChI is InChI=1S/C24H21NO6/c1-24(22(28)29,14-10-15(26)12-16(27)11-14)25-23(30)31-13-21-19-8-4-2-6-17(19)18-7-3-5-9-20(18)21/h2-12,21,26-27H,13H2,1H3,(H,25,30)(H,28,29). The molecule has 4 rings (SSSR count). The predicted octanol–water partition coefficient (Wildman–Crippen LogP) is 3.94. The van der Waals surface area contributed by atoms with Gasteiger partial charge in [0, 0.05) is 12.0 Å². The molecule has 1 aliphatic carbocycles. The van der Waals surface area contributed by atoms with E-state index < -0.39 is 17.6 Å². The van der Waals surface area contributed by atoms with Gasteiger partial charge in [-0.1, -0.05) is 48.5 Å². The maximum atomic E-state index is 12.6. The van der Waals surface area contributed by atoms with E-state index in [0.717, 1.165) is 40.5 Å². The molecule has 31 heavy (non-hydrogen) atoms. The highest BCUT2D eigenvalue weighted by atomic mass is 16.5. The molecule has 0 fully saturated rings. The average Bonchev–Trinajstić information content (AvgIpc) is 3.05. The molecule has 0 aliphatic heterocycles. The molecule has 7 nitrogen and oxygen atoms in total. The number of phenolic OH excluding ortho intramolecular Hbond substituents is 2. The lowest BCUT2D eigenvalue weighted by Crippen LogP contribution is -2.49. The van der Waals surface area contributed by atoms with Gasteiger partial charge in [0.05, 0.1) is 0 Å². The summed E-state index contributed by atoms with van der Waals surface area (Å²) in [5, 5.41) is 31.5. The molecule has 0 radical (unpaired) electrons. The zero-order valence-electron chi connectivity index (χ0n) is 16.7. The van der Waals surface area contributed by atoms with Gasteiger partial charge in [0.25, 0.3) is 0 Å². The molecule has 0 saturated carbocycles. The summed E-state index contributed by atoms with van der Waals surface area (Å²) in [5.41, 5.74) is 2.32. The first kappa shape index (κ1) is 20.3.